The Balaban J connectivity index is 1.75. The number of ether oxygens (including phenoxy) is 1. The first-order valence-electron chi connectivity index (χ1n) is 12.6. The zero-order valence-corrected chi connectivity index (χ0v) is 22.2. The maximum atomic E-state index is 14.2. The van der Waals surface area contributed by atoms with E-state index in [-0.39, 0.29) is 39.0 Å². The number of aromatic nitrogens is 2. The highest BCUT2D eigenvalue weighted by Gasteiger charge is 2.46. The van der Waals surface area contributed by atoms with Crippen LogP contribution in [0.3, 0.4) is 0 Å². The minimum Gasteiger partial charge on any atom is -0.381 e. The number of nitrogens with one attached hydrogen (secondary N) is 2. The maximum Gasteiger partial charge on any atom is 0.280 e. The van der Waals surface area contributed by atoms with Crippen molar-refractivity contribution in [1.82, 2.24) is 20.2 Å². The van der Waals surface area contributed by atoms with Crippen LogP contribution in [0.2, 0.25) is 0 Å². The van der Waals surface area contributed by atoms with Gasteiger partial charge in [-0.3, -0.25) is 9.59 Å². The Kier molecular flexibility index (Phi) is 8.55. The fraction of sp³-hybridized carbons (Fsp3) is 0.600. The van der Waals surface area contributed by atoms with E-state index in [0.29, 0.717) is 26.1 Å². The van der Waals surface area contributed by atoms with Crippen LogP contribution in [0.25, 0.3) is 10.4 Å². The average molecular weight is 558 g/mol. The normalized spacial score (nSPS) is 20.5. The van der Waals surface area contributed by atoms with Gasteiger partial charge >= 0.3 is 0 Å². The lowest BCUT2D eigenvalue weighted by molar-refractivity contribution is 0.0118. The van der Waals surface area contributed by atoms with E-state index in [1.807, 2.05) is 13.8 Å². The lowest BCUT2D eigenvalue weighted by Crippen LogP contribution is -2.39. The van der Waals surface area contributed by atoms with E-state index >= 15 is 0 Å². The molecule has 2 N–H and O–H groups in total. The second-order valence-corrected chi connectivity index (χ2v) is 10.8. The maximum absolute atomic E-state index is 14.2. The van der Waals surface area contributed by atoms with Gasteiger partial charge in [0.25, 0.3) is 24.2 Å². The molecule has 2 fully saturated rings. The van der Waals surface area contributed by atoms with Gasteiger partial charge in [0.1, 0.15) is 11.5 Å². The summed E-state index contributed by atoms with van der Waals surface area (Å²) in [6, 6.07) is 0.234. The number of likely N-dealkylation sites (tertiary alicyclic amines) is 1. The number of thiazole rings is 1. The minimum absolute atomic E-state index is 0.00701. The fourth-order valence-electron chi connectivity index (χ4n) is 4.53. The summed E-state index contributed by atoms with van der Waals surface area (Å²) in [4.78, 5) is 35.9. The predicted molar refractivity (Wildman–Crippen MR) is 135 cm³/mol. The molecule has 0 aliphatic carbocycles. The summed E-state index contributed by atoms with van der Waals surface area (Å²) in [5.41, 5.74) is -0.790. The van der Waals surface area contributed by atoms with Crippen LogP contribution in [-0.4, -0.2) is 70.5 Å². The zero-order valence-electron chi connectivity index (χ0n) is 21.4. The van der Waals surface area contributed by atoms with Gasteiger partial charge in [-0.15, -0.1) is 11.3 Å². The quantitative estimate of drug-likeness (QED) is 0.437. The second-order valence-electron chi connectivity index (χ2n) is 9.81. The molecule has 4 heterocycles. The van der Waals surface area contributed by atoms with Gasteiger partial charge in [0.05, 0.1) is 11.4 Å². The molecule has 2 atom stereocenters. The molecule has 2 saturated heterocycles. The van der Waals surface area contributed by atoms with Crippen LogP contribution in [0, 0.1) is 0 Å². The third-order valence-corrected chi connectivity index (χ3v) is 7.88. The highest BCUT2D eigenvalue weighted by atomic mass is 32.1. The van der Waals surface area contributed by atoms with Crippen molar-refractivity contribution in [3.05, 3.63) is 28.5 Å². The summed E-state index contributed by atoms with van der Waals surface area (Å²) >= 11 is 0.770. The molecule has 2 aliphatic rings. The molecule has 0 bridgehead atoms. The SMILES string of the molecule is CC[C@@H](C)Nc1cc(C(F)F)c(-c2sc(C(=O)NC3CCOCC3)nc2C(=O)N2CC(F)(F)C[C@@H]2C)cn1. The van der Waals surface area contributed by atoms with Gasteiger partial charge in [-0.1, -0.05) is 6.92 Å². The molecule has 2 aromatic rings. The topological polar surface area (TPSA) is 96.4 Å². The Hall–Kier alpha value is -2.80. The molecular weight excluding hydrogens is 526 g/mol. The third-order valence-electron chi connectivity index (χ3n) is 6.79. The van der Waals surface area contributed by atoms with E-state index in [9.17, 15) is 27.2 Å². The highest BCUT2D eigenvalue weighted by Crippen LogP contribution is 2.40. The van der Waals surface area contributed by atoms with Crippen molar-refractivity contribution in [3.8, 4) is 10.4 Å². The van der Waals surface area contributed by atoms with Gasteiger partial charge in [0.2, 0.25) is 0 Å². The number of halogens is 4. The number of hydrogen-bond donors (Lipinski definition) is 2. The van der Waals surface area contributed by atoms with Crippen LogP contribution in [0.5, 0.6) is 0 Å². The van der Waals surface area contributed by atoms with E-state index in [1.165, 1.54) is 19.2 Å². The first kappa shape index (κ1) is 28.2. The lowest BCUT2D eigenvalue weighted by atomic mass is 10.1. The molecule has 2 amide bonds. The molecular formula is C25H31F4N5O3S. The molecule has 208 valence electrons. The summed E-state index contributed by atoms with van der Waals surface area (Å²) in [6.07, 6.45) is -0.301. The summed E-state index contributed by atoms with van der Waals surface area (Å²) < 4.78 is 61.9. The molecule has 38 heavy (non-hydrogen) atoms. The molecule has 4 rings (SSSR count). The summed E-state index contributed by atoms with van der Waals surface area (Å²) in [5, 5.41) is 5.77. The van der Waals surface area contributed by atoms with Crippen LogP contribution >= 0.6 is 11.3 Å². The molecule has 0 aromatic carbocycles. The van der Waals surface area contributed by atoms with Crippen molar-refractivity contribution < 1.29 is 31.9 Å². The van der Waals surface area contributed by atoms with Gasteiger partial charge in [-0.05, 0) is 39.2 Å². The standard InChI is InChI=1S/C25H31F4N5O3S/c1-4-13(2)31-18-9-16(21(26)27)17(11-30-18)20-19(24(36)34-12-25(28,29)10-14(34)3)33-23(38-20)22(35)32-15-5-7-37-8-6-15/h9,11,13-15,21H,4-8,10,12H2,1-3H3,(H,30,31)(H,32,35)/t13-,14+/m1/s1. The Bertz CT molecular complexity index is 1170. The van der Waals surface area contributed by atoms with E-state index in [0.717, 1.165) is 22.7 Å². The average Bonchev–Trinajstić information content (AvgIpc) is 3.44. The molecule has 2 aliphatic heterocycles. The summed E-state index contributed by atoms with van der Waals surface area (Å²) in [6.45, 7) is 5.47. The number of carbonyl (C=O) groups excluding carboxylic acids is 2. The minimum atomic E-state index is -3.08. The van der Waals surface area contributed by atoms with E-state index in [1.54, 1.807) is 0 Å². The Morgan fingerprint density at radius 1 is 1.29 bits per heavy atom. The number of carbonyl (C=O) groups is 2. The first-order chi connectivity index (χ1) is 18.0. The molecule has 13 heteroatoms. The molecule has 0 unspecified atom stereocenters. The largest absolute Gasteiger partial charge is 0.381 e. The number of amides is 2. The van der Waals surface area contributed by atoms with Crippen LogP contribution in [0.4, 0.5) is 23.4 Å². The van der Waals surface area contributed by atoms with Gasteiger partial charge in [-0.2, -0.15) is 0 Å². The monoisotopic (exact) mass is 557 g/mol. The highest BCUT2D eigenvalue weighted by molar-refractivity contribution is 7.17. The van der Waals surface area contributed by atoms with Crippen LogP contribution < -0.4 is 10.6 Å². The van der Waals surface area contributed by atoms with E-state index in [2.05, 4.69) is 20.6 Å². The Morgan fingerprint density at radius 3 is 2.61 bits per heavy atom. The smallest absolute Gasteiger partial charge is 0.280 e. The zero-order chi connectivity index (χ0) is 27.6. The molecule has 8 nitrogen and oxygen atoms in total. The second kappa shape index (κ2) is 11.5. The predicted octanol–water partition coefficient (Wildman–Crippen LogP) is 5.13. The van der Waals surface area contributed by atoms with Crippen LogP contribution in [0.15, 0.2) is 12.3 Å². The van der Waals surface area contributed by atoms with Crippen molar-refractivity contribution in [2.45, 2.75) is 76.9 Å². The summed E-state index contributed by atoms with van der Waals surface area (Å²) in [5.74, 6) is -4.24. The number of alkyl halides is 4. The molecule has 0 saturated carbocycles. The first-order valence-corrected chi connectivity index (χ1v) is 13.4. The number of anilines is 1. The van der Waals surface area contributed by atoms with Crippen molar-refractivity contribution in [1.29, 1.82) is 0 Å². The van der Waals surface area contributed by atoms with Gasteiger partial charge in [0, 0.05) is 55.1 Å². The Labute approximate surface area is 222 Å². The number of rotatable bonds is 8. The van der Waals surface area contributed by atoms with Gasteiger partial charge in [-0.25, -0.2) is 27.5 Å². The lowest BCUT2D eigenvalue weighted by Gasteiger charge is -2.22. The van der Waals surface area contributed by atoms with Crippen LogP contribution in [-0.2, 0) is 4.74 Å². The van der Waals surface area contributed by atoms with E-state index in [4.69, 9.17) is 4.74 Å². The van der Waals surface area contributed by atoms with E-state index < -0.39 is 48.7 Å². The molecule has 2 aromatic heterocycles. The van der Waals surface area contributed by atoms with Gasteiger partial charge < -0.3 is 20.3 Å². The summed E-state index contributed by atoms with van der Waals surface area (Å²) in [7, 11) is 0. The molecule has 0 radical (unpaired) electrons. The van der Waals surface area contributed by atoms with Crippen LogP contribution in [0.1, 0.15) is 78.7 Å². The molecule has 0 spiro atoms. The van der Waals surface area contributed by atoms with Crippen molar-refractivity contribution in [2.24, 2.45) is 0 Å². The van der Waals surface area contributed by atoms with Crippen molar-refractivity contribution >= 4 is 29.0 Å². The number of pyridine rings is 1. The van der Waals surface area contributed by atoms with Gasteiger partial charge in [0.15, 0.2) is 5.01 Å². The van der Waals surface area contributed by atoms with Crippen molar-refractivity contribution in [3.63, 3.8) is 0 Å². The van der Waals surface area contributed by atoms with Crippen molar-refractivity contribution in [2.75, 3.05) is 25.1 Å². The fourth-order valence-corrected chi connectivity index (χ4v) is 5.52. The third kappa shape index (κ3) is 6.25. The number of nitrogens with zero attached hydrogens (tertiary/aromatic N) is 3. The number of hydrogen-bond acceptors (Lipinski definition) is 7. The Morgan fingerprint density at radius 2 is 2.00 bits per heavy atom.